The Labute approximate surface area is 150 Å². The van der Waals surface area contributed by atoms with Crippen LogP contribution in [0.4, 0.5) is 0 Å². The van der Waals surface area contributed by atoms with Crippen molar-refractivity contribution in [2.75, 3.05) is 13.6 Å². The first-order chi connectivity index (χ1) is 12.8. The highest BCUT2D eigenvalue weighted by Gasteiger charge is 2.24. The zero-order valence-electron chi connectivity index (χ0n) is 14.0. The van der Waals surface area contributed by atoms with Crippen molar-refractivity contribution in [1.29, 1.82) is 0 Å². The Kier molecular flexibility index (Phi) is 3.45. The Bertz CT molecular complexity index is 893. The minimum absolute atomic E-state index is 0.0975. The highest BCUT2D eigenvalue weighted by Crippen LogP contribution is 2.36. The highest BCUT2D eigenvalue weighted by atomic mass is 16.7. The number of Topliss-reactive ketones (excluding diaryl/α,β-unsaturated/α-hetero) is 1. The van der Waals surface area contributed by atoms with E-state index in [9.17, 15) is 4.79 Å². The van der Waals surface area contributed by atoms with Crippen molar-refractivity contribution in [3.05, 3.63) is 58.7 Å². The molecule has 5 rings (SSSR count). The normalized spacial score (nSPS) is 20.4. The predicted octanol–water partition coefficient (Wildman–Crippen LogP) is 3.97. The van der Waals surface area contributed by atoms with Crippen LogP contribution in [0.25, 0.3) is 12.2 Å². The Balaban J connectivity index is 1.40. The van der Waals surface area contributed by atoms with Gasteiger partial charge in [-0.2, -0.15) is 0 Å². The number of hydrogen-bond acceptors (Lipinski definition) is 5. The lowest BCUT2D eigenvalue weighted by Gasteiger charge is -2.01. The smallest absolute Gasteiger partial charge is 0.231 e. The highest BCUT2D eigenvalue weighted by molar-refractivity contribution is 6.15. The van der Waals surface area contributed by atoms with Gasteiger partial charge in [-0.15, -0.1) is 0 Å². The lowest BCUT2D eigenvalue weighted by atomic mass is 10.1. The SMILES string of the molecule is O=C1/C(=C\c2ccc3c(c2)OCO3)CC/C1=C/c1ccc2c(c1)OCO2. The molecule has 0 aromatic heterocycles. The number of allylic oxidation sites excluding steroid dienone is 2. The van der Waals surface area contributed by atoms with Gasteiger partial charge in [-0.05, 0) is 60.4 Å². The molecule has 3 aliphatic rings. The van der Waals surface area contributed by atoms with E-state index in [4.69, 9.17) is 18.9 Å². The molecule has 1 saturated carbocycles. The number of fused-ring (bicyclic) bond motifs is 2. The molecule has 0 N–H and O–H groups in total. The van der Waals surface area contributed by atoms with Crippen molar-refractivity contribution in [2.45, 2.75) is 12.8 Å². The van der Waals surface area contributed by atoms with Gasteiger partial charge in [0.25, 0.3) is 0 Å². The van der Waals surface area contributed by atoms with Crippen LogP contribution in [0, 0.1) is 0 Å². The summed E-state index contributed by atoms with van der Waals surface area (Å²) in [5, 5.41) is 0. The number of benzene rings is 2. The number of carbonyl (C=O) groups excluding carboxylic acids is 1. The average molecular weight is 348 g/mol. The summed E-state index contributed by atoms with van der Waals surface area (Å²) in [5.74, 6) is 3.03. The zero-order valence-corrected chi connectivity index (χ0v) is 14.0. The molecular formula is C21H16O5. The molecule has 5 nitrogen and oxygen atoms in total. The number of carbonyl (C=O) groups is 1. The number of ketones is 1. The summed E-state index contributed by atoms with van der Waals surface area (Å²) in [6.45, 7) is 0.493. The summed E-state index contributed by atoms with van der Waals surface area (Å²) in [5.41, 5.74) is 3.52. The van der Waals surface area contributed by atoms with Gasteiger partial charge >= 0.3 is 0 Å². The van der Waals surface area contributed by atoms with Gasteiger partial charge in [0.2, 0.25) is 13.6 Å². The van der Waals surface area contributed by atoms with E-state index >= 15 is 0 Å². The third-order valence-corrected chi connectivity index (χ3v) is 4.72. The van der Waals surface area contributed by atoms with Crippen molar-refractivity contribution < 1.29 is 23.7 Å². The van der Waals surface area contributed by atoms with E-state index in [2.05, 4.69) is 0 Å². The van der Waals surface area contributed by atoms with Crippen LogP contribution in [0.2, 0.25) is 0 Å². The fourth-order valence-electron chi connectivity index (χ4n) is 3.39. The molecule has 0 radical (unpaired) electrons. The predicted molar refractivity (Wildman–Crippen MR) is 95.3 cm³/mol. The van der Waals surface area contributed by atoms with E-state index in [1.54, 1.807) is 0 Å². The van der Waals surface area contributed by atoms with Crippen LogP contribution in [-0.2, 0) is 4.79 Å². The summed E-state index contributed by atoms with van der Waals surface area (Å²) in [6.07, 6.45) is 5.35. The Morgan fingerprint density at radius 2 is 1.12 bits per heavy atom. The molecule has 26 heavy (non-hydrogen) atoms. The van der Waals surface area contributed by atoms with E-state index in [1.807, 2.05) is 48.6 Å². The third-order valence-electron chi connectivity index (χ3n) is 4.72. The van der Waals surface area contributed by atoms with Gasteiger partial charge in [-0.1, -0.05) is 12.1 Å². The Morgan fingerprint density at radius 1 is 0.654 bits per heavy atom. The number of rotatable bonds is 2. The molecule has 5 heteroatoms. The maximum absolute atomic E-state index is 12.7. The van der Waals surface area contributed by atoms with Crippen molar-refractivity contribution in [2.24, 2.45) is 0 Å². The largest absolute Gasteiger partial charge is 0.454 e. The Hall–Kier alpha value is -3.21. The molecular weight excluding hydrogens is 332 g/mol. The summed E-state index contributed by atoms with van der Waals surface area (Å²) < 4.78 is 21.4. The first-order valence-corrected chi connectivity index (χ1v) is 8.51. The Morgan fingerprint density at radius 3 is 1.62 bits per heavy atom. The van der Waals surface area contributed by atoms with Crippen molar-refractivity contribution in [3.8, 4) is 23.0 Å². The van der Waals surface area contributed by atoms with Gasteiger partial charge in [-0.25, -0.2) is 0 Å². The van der Waals surface area contributed by atoms with Crippen LogP contribution >= 0.6 is 0 Å². The van der Waals surface area contributed by atoms with Gasteiger partial charge < -0.3 is 18.9 Å². The molecule has 1 aliphatic carbocycles. The molecule has 0 bridgehead atoms. The lowest BCUT2D eigenvalue weighted by molar-refractivity contribution is -0.111. The molecule has 2 aliphatic heterocycles. The lowest BCUT2D eigenvalue weighted by Crippen LogP contribution is -1.95. The maximum Gasteiger partial charge on any atom is 0.231 e. The molecule has 2 aromatic carbocycles. The van der Waals surface area contributed by atoms with Gasteiger partial charge in [0.15, 0.2) is 28.8 Å². The van der Waals surface area contributed by atoms with Crippen molar-refractivity contribution in [3.63, 3.8) is 0 Å². The topological polar surface area (TPSA) is 54.0 Å². The molecule has 1 fully saturated rings. The van der Waals surface area contributed by atoms with Crippen LogP contribution in [0.5, 0.6) is 23.0 Å². The van der Waals surface area contributed by atoms with Crippen LogP contribution < -0.4 is 18.9 Å². The van der Waals surface area contributed by atoms with Gasteiger partial charge in [0.1, 0.15) is 0 Å². The third kappa shape index (κ3) is 2.62. The van der Waals surface area contributed by atoms with Crippen LogP contribution in [0.15, 0.2) is 47.5 Å². The van der Waals surface area contributed by atoms with Gasteiger partial charge in [0.05, 0.1) is 0 Å². The van der Waals surface area contributed by atoms with E-state index in [1.165, 1.54) is 0 Å². The standard InChI is InChI=1S/C21H16O5/c22-21-15(7-13-1-5-17-19(9-13)25-11-23-17)3-4-16(21)8-14-2-6-18-20(10-14)26-12-24-18/h1-2,5-10H,3-4,11-12H2/b15-7-,16-8-. The first-order valence-electron chi connectivity index (χ1n) is 8.51. The minimum atomic E-state index is 0.0975. The summed E-state index contributed by atoms with van der Waals surface area (Å²) >= 11 is 0. The quantitative estimate of drug-likeness (QED) is 0.769. The molecule has 0 atom stereocenters. The van der Waals surface area contributed by atoms with E-state index in [-0.39, 0.29) is 19.4 Å². The van der Waals surface area contributed by atoms with Gasteiger partial charge in [-0.3, -0.25) is 4.79 Å². The maximum atomic E-state index is 12.7. The van der Waals surface area contributed by atoms with Crippen molar-refractivity contribution in [1.82, 2.24) is 0 Å². The van der Waals surface area contributed by atoms with E-state index in [0.29, 0.717) is 0 Å². The van der Waals surface area contributed by atoms with Gasteiger partial charge in [0, 0.05) is 11.1 Å². The van der Waals surface area contributed by atoms with Crippen LogP contribution in [-0.4, -0.2) is 19.4 Å². The average Bonchev–Trinajstić information content (AvgIpc) is 3.37. The molecule has 2 heterocycles. The fourth-order valence-corrected chi connectivity index (χ4v) is 3.39. The second kappa shape index (κ2) is 5.95. The van der Waals surface area contributed by atoms with Crippen LogP contribution in [0.1, 0.15) is 24.0 Å². The first kappa shape index (κ1) is 15.1. The number of hydrogen-bond donors (Lipinski definition) is 0. The molecule has 130 valence electrons. The summed E-state index contributed by atoms with van der Waals surface area (Å²) in [7, 11) is 0. The zero-order chi connectivity index (χ0) is 17.5. The molecule has 2 aromatic rings. The summed E-state index contributed by atoms with van der Waals surface area (Å²) in [4.78, 5) is 12.7. The van der Waals surface area contributed by atoms with E-state index < -0.39 is 0 Å². The fraction of sp³-hybridized carbons (Fsp3) is 0.190. The molecule has 0 saturated heterocycles. The monoisotopic (exact) mass is 348 g/mol. The van der Waals surface area contributed by atoms with Crippen LogP contribution in [0.3, 0.4) is 0 Å². The summed E-state index contributed by atoms with van der Waals surface area (Å²) in [6, 6.07) is 11.4. The molecule has 0 spiro atoms. The minimum Gasteiger partial charge on any atom is -0.454 e. The molecule has 0 amide bonds. The second-order valence-corrected chi connectivity index (χ2v) is 6.39. The molecule has 0 unspecified atom stereocenters. The van der Waals surface area contributed by atoms with Crippen molar-refractivity contribution >= 4 is 17.9 Å². The second-order valence-electron chi connectivity index (χ2n) is 6.39. The van der Waals surface area contributed by atoms with E-state index in [0.717, 1.165) is 58.1 Å². The number of ether oxygens (including phenoxy) is 4.